The highest BCUT2D eigenvalue weighted by molar-refractivity contribution is 5.82. The normalized spacial score (nSPS) is 21.8. The van der Waals surface area contributed by atoms with Crippen molar-refractivity contribution in [1.82, 2.24) is 15.1 Å². The Hall–Kier alpha value is -1.36. The van der Waals surface area contributed by atoms with Crippen LogP contribution in [0.5, 0.6) is 0 Å². The van der Waals surface area contributed by atoms with Crippen LogP contribution in [0.2, 0.25) is 0 Å². The van der Waals surface area contributed by atoms with Gasteiger partial charge in [-0.05, 0) is 13.0 Å². The van der Waals surface area contributed by atoms with Gasteiger partial charge in [-0.25, -0.2) is 0 Å². The first kappa shape index (κ1) is 13.3. The average Bonchev–Trinajstić information content (AvgIpc) is 2.75. The minimum Gasteiger partial charge on any atom is -0.461 e. The minimum atomic E-state index is 0.781. The van der Waals surface area contributed by atoms with E-state index in [0.717, 1.165) is 37.0 Å². The van der Waals surface area contributed by atoms with Crippen LogP contribution in [0.4, 0.5) is 0 Å². The van der Waals surface area contributed by atoms with Crippen molar-refractivity contribution >= 4 is 11.0 Å². The molecule has 0 aliphatic carbocycles. The molecule has 4 heteroatoms. The molecule has 1 N–H and O–H groups in total. The molecule has 4 rings (SSSR count). The van der Waals surface area contributed by atoms with E-state index < -0.39 is 0 Å². The largest absolute Gasteiger partial charge is 0.461 e. The summed E-state index contributed by atoms with van der Waals surface area (Å²) in [6.45, 7) is 10.2. The van der Waals surface area contributed by atoms with E-state index in [-0.39, 0.29) is 0 Å². The molecule has 0 bridgehead atoms. The van der Waals surface area contributed by atoms with E-state index >= 15 is 0 Å². The predicted molar refractivity (Wildman–Crippen MR) is 84.5 cm³/mol. The fourth-order valence-electron chi connectivity index (χ4n) is 3.46. The standard InChI is InChI=1S/C17H23N3O/c1-13-16(15-4-2-3-5-17(15)21-13)12-19-6-8-20(9-7-19)14-10-18-11-14/h2-5,14,18H,6-12H2,1H3. The van der Waals surface area contributed by atoms with Crippen molar-refractivity contribution in [3.63, 3.8) is 0 Å². The van der Waals surface area contributed by atoms with Crippen molar-refractivity contribution in [2.45, 2.75) is 19.5 Å². The fraction of sp³-hybridized carbons (Fsp3) is 0.529. The van der Waals surface area contributed by atoms with E-state index in [9.17, 15) is 0 Å². The lowest BCUT2D eigenvalue weighted by atomic mass is 10.1. The molecule has 21 heavy (non-hydrogen) atoms. The lowest BCUT2D eigenvalue weighted by Crippen LogP contribution is -2.61. The van der Waals surface area contributed by atoms with Crippen molar-refractivity contribution in [2.24, 2.45) is 0 Å². The lowest BCUT2D eigenvalue weighted by Gasteiger charge is -2.43. The number of aryl methyl sites for hydroxylation is 1. The Morgan fingerprint density at radius 3 is 2.62 bits per heavy atom. The van der Waals surface area contributed by atoms with Gasteiger partial charge in [0.2, 0.25) is 0 Å². The maximum absolute atomic E-state index is 5.88. The molecular weight excluding hydrogens is 262 g/mol. The number of nitrogens with one attached hydrogen (secondary N) is 1. The molecule has 1 aromatic heterocycles. The highest BCUT2D eigenvalue weighted by Crippen LogP contribution is 2.26. The third-order valence-corrected chi connectivity index (χ3v) is 4.97. The average molecular weight is 285 g/mol. The first-order chi connectivity index (χ1) is 10.3. The van der Waals surface area contributed by atoms with E-state index in [1.807, 2.05) is 6.07 Å². The Morgan fingerprint density at radius 1 is 1.14 bits per heavy atom. The summed E-state index contributed by atoms with van der Waals surface area (Å²) in [5, 5.41) is 4.64. The first-order valence-electron chi connectivity index (χ1n) is 7.95. The number of furan rings is 1. The second-order valence-electron chi connectivity index (χ2n) is 6.26. The molecule has 2 aromatic rings. The van der Waals surface area contributed by atoms with E-state index in [1.54, 1.807) is 0 Å². The molecule has 3 heterocycles. The van der Waals surface area contributed by atoms with Gasteiger partial charge < -0.3 is 9.73 Å². The molecule has 0 radical (unpaired) electrons. The molecule has 2 fully saturated rings. The molecule has 4 nitrogen and oxygen atoms in total. The van der Waals surface area contributed by atoms with Crippen LogP contribution in [0, 0.1) is 6.92 Å². The predicted octanol–water partition coefficient (Wildman–Crippen LogP) is 1.83. The lowest BCUT2D eigenvalue weighted by molar-refractivity contribution is 0.0695. The van der Waals surface area contributed by atoms with Crippen molar-refractivity contribution in [2.75, 3.05) is 39.3 Å². The quantitative estimate of drug-likeness (QED) is 0.932. The summed E-state index contributed by atoms with van der Waals surface area (Å²) in [5.41, 5.74) is 2.38. The maximum Gasteiger partial charge on any atom is 0.134 e. The molecule has 0 unspecified atom stereocenters. The van der Waals surface area contributed by atoms with Gasteiger partial charge in [0.15, 0.2) is 0 Å². The Bertz CT molecular complexity index is 624. The third kappa shape index (κ3) is 2.48. The monoisotopic (exact) mass is 285 g/mol. The molecule has 2 saturated heterocycles. The van der Waals surface area contributed by atoms with Gasteiger partial charge in [-0.3, -0.25) is 9.80 Å². The summed E-state index contributed by atoms with van der Waals surface area (Å²) >= 11 is 0. The SMILES string of the molecule is Cc1oc2ccccc2c1CN1CCN(C2CNC2)CC1. The van der Waals surface area contributed by atoms with Gasteiger partial charge in [-0.1, -0.05) is 18.2 Å². The second kappa shape index (κ2) is 5.44. The molecule has 2 aliphatic heterocycles. The van der Waals surface area contributed by atoms with E-state index in [0.29, 0.717) is 0 Å². The Balaban J connectivity index is 1.45. The summed E-state index contributed by atoms with van der Waals surface area (Å²) in [4.78, 5) is 5.19. The maximum atomic E-state index is 5.88. The van der Waals surface area contributed by atoms with Crippen LogP contribution < -0.4 is 5.32 Å². The zero-order valence-corrected chi connectivity index (χ0v) is 12.6. The van der Waals surface area contributed by atoms with Gasteiger partial charge in [0.05, 0.1) is 0 Å². The molecule has 0 saturated carbocycles. The van der Waals surface area contributed by atoms with Crippen molar-refractivity contribution < 1.29 is 4.42 Å². The Morgan fingerprint density at radius 2 is 1.90 bits per heavy atom. The van der Waals surface area contributed by atoms with Crippen LogP contribution in [0.25, 0.3) is 11.0 Å². The number of hydrogen-bond donors (Lipinski definition) is 1. The van der Waals surface area contributed by atoms with Gasteiger partial charge in [-0.15, -0.1) is 0 Å². The summed E-state index contributed by atoms with van der Waals surface area (Å²) in [7, 11) is 0. The number of fused-ring (bicyclic) bond motifs is 1. The van der Waals surface area contributed by atoms with Gasteiger partial charge >= 0.3 is 0 Å². The van der Waals surface area contributed by atoms with E-state index in [4.69, 9.17) is 4.42 Å². The Kier molecular flexibility index (Phi) is 3.45. The highest BCUT2D eigenvalue weighted by atomic mass is 16.3. The highest BCUT2D eigenvalue weighted by Gasteiger charge is 2.28. The van der Waals surface area contributed by atoms with Gasteiger partial charge in [0.1, 0.15) is 11.3 Å². The van der Waals surface area contributed by atoms with Gasteiger partial charge in [-0.2, -0.15) is 0 Å². The van der Waals surface area contributed by atoms with Gasteiger partial charge in [0, 0.05) is 62.8 Å². The number of nitrogens with zero attached hydrogens (tertiary/aromatic N) is 2. The third-order valence-electron chi connectivity index (χ3n) is 4.97. The summed E-state index contributed by atoms with van der Waals surface area (Å²) in [6, 6.07) is 9.16. The summed E-state index contributed by atoms with van der Waals surface area (Å²) in [6.07, 6.45) is 0. The molecule has 0 amide bonds. The Labute approximate surface area is 125 Å². The molecule has 0 atom stereocenters. The molecule has 112 valence electrons. The van der Waals surface area contributed by atoms with Crippen molar-refractivity contribution in [3.8, 4) is 0 Å². The number of para-hydroxylation sites is 1. The summed E-state index contributed by atoms with van der Waals surface area (Å²) in [5.74, 6) is 1.07. The second-order valence-corrected chi connectivity index (χ2v) is 6.26. The number of rotatable bonds is 3. The van der Waals surface area contributed by atoms with Crippen LogP contribution in [-0.4, -0.2) is 55.1 Å². The van der Waals surface area contributed by atoms with Crippen LogP contribution >= 0.6 is 0 Å². The molecular formula is C17H23N3O. The van der Waals surface area contributed by atoms with Crippen LogP contribution in [0.3, 0.4) is 0 Å². The minimum absolute atomic E-state index is 0.781. The zero-order valence-electron chi connectivity index (χ0n) is 12.6. The van der Waals surface area contributed by atoms with Gasteiger partial charge in [0.25, 0.3) is 0 Å². The number of hydrogen-bond acceptors (Lipinski definition) is 4. The molecule has 0 spiro atoms. The smallest absolute Gasteiger partial charge is 0.134 e. The fourth-order valence-corrected chi connectivity index (χ4v) is 3.46. The first-order valence-corrected chi connectivity index (χ1v) is 7.95. The van der Waals surface area contributed by atoms with Crippen LogP contribution in [0.1, 0.15) is 11.3 Å². The van der Waals surface area contributed by atoms with Crippen molar-refractivity contribution in [3.05, 3.63) is 35.6 Å². The van der Waals surface area contributed by atoms with E-state index in [2.05, 4.69) is 40.2 Å². The van der Waals surface area contributed by atoms with Crippen LogP contribution in [-0.2, 0) is 6.54 Å². The number of benzene rings is 1. The molecule has 1 aromatic carbocycles. The molecule has 2 aliphatic rings. The summed E-state index contributed by atoms with van der Waals surface area (Å²) < 4.78 is 5.88. The van der Waals surface area contributed by atoms with Crippen LogP contribution in [0.15, 0.2) is 28.7 Å². The van der Waals surface area contributed by atoms with E-state index in [1.165, 1.54) is 37.1 Å². The van der Waals surface area contributed by atoms with Crippen molar-refractivity contribution in [1.29, 1.82) is 0 Å². The zero-order chi connectivity index (χ0) is 14.2. The topological polar surface area (TPSA) is 31.7 Å². The number of piperazine rings is 1.